The van der Waals surface area contributed by atoms with Crippen molar-refractivity contribution in [2.75, 3.05) is 0 Å². The van der Waals surface area contributed by atoms with Gasteiger partial charge in [-0.05, 0) is 22.0 Å². The molecule has 0 spiro atoms. The number of aryl methyl sites for hydroxylation is 2. The zero-order valence-corrected chi connectivity index (χ0v) is 11.1. The first-order valence-corrected chi connectivity index (χ1v) is 5.80. The van der Waals surface area contributed by atoms with Gasteiger partial charge in [-0.3, -0.25) is 9.48 Å². The first-order chi connectivity index (χ1) is 8.06. The van der Waals surface area contributed by atoms with Crippen molar-refractivity contribution in [2.45, 2.75) is 6.54 Å². The van der Waals surface area contributed by atoms with E-state index < -0.39 is 0 Å². The Labute approximate surface area is 107 Å². The molecule has 1 N–H and O–H groups in total. The normalized spacial score (nSPS) is 10.5. The molecule has 0 aliphatic carbocycles. The maximum Gasteiger partial charge on any atom is 0.268 e. The van der Waals surface area contributed by atoms with E-state index in [1.165, 1.54) is 0 Å². The lowest BCUT2D eigenvalue weighted by atomic mass is 10.4. The Hall–Kier alpha value is -1.63. The molecule has 7 heteroatoms. The molecule has 6 nitrogen and oxygen atoms in total. The number of amides is 1. The average Bonchev–Trinajstić information content (AvgIpc) is 2.81. The second-order valence-corrected chi connectivity index (χ2v) is 4.59. The van der Waals surface area contributed by atoms with E-state index in [-0.39, 0.29) is 5.91 Å². The molecule has 90 valence electrons. The van der Waals surface area contributed by atoms with E-state index in [4.69, 9.17) is 0 Å². The Morgan fingerprint density at radius 3 is 2.82 bits per heavy atom. The fourth-order valence-electron chi connectivity index (χ4n) is 1.46. The van der Waals surface area contributed by atoms with Crippen molar-refractivity contribution in [3.8, 4) is 0 Å². The van der Waals surface area contributed by atoms with Crippen LogP contribution in [0.3, 0.4) is 0 Å². The molecule has 2 aromatic rings. The van der Waals surface area contributed by atoms with Gasteiger partial charge in [0.1, 0.15) is 12.0 Å². The number of nitrogens with zero attached hydrogens (tertiary/aromatic N) is 4. The highest BCUT2D eigenvalue weighted by molar-refractivity contribution is 9.10. The molecule has 2 heterocycles. The lowest BCUT2D eigenvalue weighted by Crippen LogP contribution is -2.25. The van der Waals surface area contributed by atoms with E-state index in [1.807, 2.05) is 13.2 Å². The third-order valence-corrected chi connectivity index (χ3v) is 2.69. The molecule has 0 atom stereocenters. The van der Waals surface area contributed by atoms with Gasteiger partial charge in [0.15, 0.2) is 5.82 Å². The average molecular weight is 298 g/mol. The van der Waals surface area contributed by atoms with Crippen LogP contribution in [0.25, 0.3) is 0 Å². The van der Waals surface area contributed by atoms with Crippen LogP contribution in [0.4, 0.5) is 0 Å². The predicted octanol–water partition coefficient (Wildman–Crippen LogP) is 0.846. The largest absolute Gasteiger partial charge is 0.345 e. The molecular weight excluding hydrogens is 286 g/mol. The summed E-state index contributed by atoms with van der Waals surface area (Å²) in [5, 5.41) is 6.84. The fourth-order valence-corrected chi connectivity index (χ4v) is 1.99. The van der Waals surface area contributed by atoms with Gasteiger partial charge in [-0.15, -0.1) is 0 Å². The Morgan fingerprint density at radius 1 is 1.53 bits per heavy atom. The maximum atomic E-state index is 11.8. The van der Waals surface area contributed by atoms with Gasteiger partial charge in [0.2, 0.25) is 0 Å². The molecule has 0 aromatic carbocycles. The van der Waals surface area contributed by atoms with Gasteiger partial charge in [0.05, 0.1) is 6.54 Å². The molecule has 2 rings (SSSR count). The van der Waals surface area contributed by atoms with Gasteiger partial charge in [-0.2, -0.15) is 5.10 Å². The number of hydrogen-bond donors (Lipinski definition) is 1. The highest BCUT2D eigenvalue weighted by atomic mass is 79.9. The molecule has 0 saturated carbocycles. The van der Waals surface area contributed by atoms with Crippen molar-refractivity contribution in [2.24, 2.45) is 14.1 Å². The number of hydrogen-bond acceptors (Lipinski definition) is 3. The minimum atomic E-state index is -0.148. The summed E-state index contributed by atoms with van der Waals surface area (Å²) in [6.45, 7) is 0.322. The first-order valence-electron chi connectivity index (χ1n) is 5.01. The van der Waals surface area contributed by atoms with Crippen molar-refractivity contribution in [1.29, 1.82) is 0 Å². The van der Waals surface area contributed by atoms with Crippen LogP contribution in [0.2, 0.25) is 0 Å². The van der Waals surface area contributed by atoms with Crippen LogP contribution in [-0.4, -0.2) is 25.2 Å². The van der Waals surface area contributed by atoms with E-state index in [0.29, 0.717) is 18.1 Å². The molecule has 0 fully saturated rings. The molecule has 0 bridgehead atoms. The maximum absolute atomic E-state index is 11.8. The minimum absolute atomic E-state index is 0.148. The summed E-state index contributed by atoms with van der Waals surface area (Å²) in [7, 11) is 3.60. The third kappa shape index (κ3) is 2.73. The summed E-state index contributed by atoms with van der Waals surface area (Å²) in [6, 6.07) is 1.77. The number of aromatic nitrogens is 4. The topological polar surface area (TPSA) is 64.7 Å². The summed E-state index contributed by atoms with van der Waals surface area (Å²) >= 11 is 3.32. The molecular formula is C10H12BrN5O. The molecule has 0 unspecified atom stereocenters. The minimum Gasteiger partial charge on any atom is -0.345 e. The number of carbonyl (C=O) groups is 1. The van der Waals surface area contributed by atoms with Crippen molar-refractivity contribution < 1.29 is 4.79 Å². The molecule has 0 aliphatic rings. The summed E-state index contributed by atoms with van der Waals surface area (Å²) in [6.07, 6.45) is 3.43. The number of halogens is 1. The van der Waals surface area contributed by atoms with Crippen LogP contribution in [-0.2, 0) is 20.6 Å². The van der Waals surface area contributed by atoms with Crippen molar-refractivity contribution in [3.63, 3.8) is 0 Å². The lowest BCUT2D eigenvalue weighted by Gasteiger charge is -2.03. The molecule has 1 amide bonds. The van der Waals surface area contributed by atoms with Crippen LogP contribution in [0.5, 0.6) is 0 Å². The van der Waals surface area contributed by atoms with E-state index in [0.717, 1.165) is 4.47 Å². The second-order valence-electron chi connectivity index (χ2n) is 3.67. The van der Waals surface area contributed by atoms with E-state index in [2.05, 4.69) is 31.3 Å². The van der Waals surface area contributed by atoms with Crippen LogP contribution in [0.1, 0.15) is 16.3 Å². The smallest absolute Gasteiger partial charge is 0.268 e. The molecule has 0 saturated heterocycles. The van der Waals surface area contributed by atoms with Crippen molar-refractivity contribution in [3.05, 3.63) is 34.6 Å². The van der Waals surface area contributed by atoms with Crippen LogP contribution < -0.4 is 5.32 Å². The van der Waals surface area contributed by atoms with Gasteiger partial charge in [0.25, 0.3) is 5.91 Å². The van der Waals surface area contributed by atoms with E-state index in [1.54, 1.807) is 28.7 Å². The number of carbonyl (C=O) groups excluding carboxylic acids is 1. The van der Waals surface area contributed by atoms with Gasteiger partial charge in [-0.1, -0.05) is 0 Å². The van der Waals surface area contributed by atoms with Gasteiger partial charge in [0, 0.05) is 24.8 Å². The highest BCUT2D eigenvalue weighted by Crippen LogP contribution is 2.13. The van der Waals surface area contributed by atoms with E-state index in [9.17, 15) is 4.79 Å². The SMILES string of the molecule is Cn1cnc(CNC(=O)c2cc(Br)cn2C)n1. The molecule has 17 heavy (non-hydrogen) atoms. The van der Waals surface area contributed by atoms with Crippen molar-refractivity contribution >= 4 is 21.8 Å². The molecule has 2 aromatic heterocycles. The van der Waals surface area contributed by atoms with Crippen LogP contribution >= 0.6 is 15.9 Å². The van der Waals surface area contributed by atoms with Gasteiger partial charge >= 0.3 is 0 Å². The summed E-state index contributed by atoms with van der Waals surface area (Å²) in [4.78, 5) is 15.9. The van der Waals surface area contributed by atoms with Crippen molar-refractivity contribution in [1.82, 2.24) is 24.6 Å². The monoisotopic (exact) mass is 297 g/mol. The number of rotatable bonds is 3. The summed E-state index contributed by atoms with van der Waals surface area (Å²) < 4.78 is 4.23. The second kappa shape index (κ2) is 4.70. The standard InChI is InChI=1S/C10H12BrN5O/c1-15-5-7(11)3-8(15)10(17)12-4-9-13-6-16(2)14-9/h3,5-6H,4H2,1-2H3,(H,12,17). The zero-order valence-electron chi connectivity index (χ0n) is 9.51. The molecule has 0 aliphatic heterocycles. The highest BCUT2D eigenvalue weighted by Gasteiger charge is 2.11. The summed E-state index contributed by atoms with van der Waals surface area (Å²) in [5.74, 6) is 0.444. The zero-order chi connectivity index (χ0) is 12.4. The van der Waals surface area contributed by atoms with E-state index >= 15 is 0 Å². The van der Waals surface area contributed by atoms with Crippen LogP contribution in [0.15, 0.2) is 23.1 Å². The Bertz CT molecular complexity index is 545. The fraction of sp³-hybridized carbons (Fsp3) is 0.300. The first kappa shape index (κ1) is 11.8. The Kier molecular flexibility index (Phi) is 3.28. The molecule has 0 radical (unpaired) electrons. The number of nitrogens with one attached hydrogen (secondary N) is 1. The Balaban J connectivity index is 2.00. The van der Waals surface area contributed by atoms with Gasteiger partial charge < -0.3 is 9.88 Å². The lowest BCUT2D eigenvalue weighted by molar-refractivity contribution is 0.0941. The van der Waals surface area contributed by atoms with Gasteiger partial charge in [-0.25, -0.2) is 4.98 Å². The summed E-state index contributed by atoms with van der Waals surface area (Å²) in [5.41, 5.74) is 0.591. The quantitative estimate of drug-likeness (QED) is 0.913. The Morgan fingerprint density at radius 2 is 2.29 bits per heavy atom. The van der Waals surface area contributed by atoms with Crippen LogP contribution in [0, 0.1) is 0 Å². The predicted molar refractivity (Wildman–Crippen MR) is 65.3 cm³/mol. The third-order valence-electron chi connectivity index (χ3n) is 2.26.